The Hall–Kier alpha value is -0.370. The summed E-state index contributed by atoms with van der Waals surface area (Å²) in [7, 11) is -1.82. The predicted octanol–water partition coefficient (Wildman–Crippen LogP) is 3.66. The summed E-state index contributed by atoms with van der Waals surface area (Å²) in [5.74, 6) is 0. The molecule has 2 aromatic rings. The maximum atomic E-state index is 13.1. The highest BCUT2D eigenvalue weighted by molar-refractivity contribution is 7.89. The van der Waals surface area contributed by atoms with Gasteiger partial charge >= 0.3 is 0 Å². The fraction of sp³-hybridized carbons (Fsp3) is 0.467. The molecule has 0 radical (unpaired) electrons. The Morgan fingerprint density at radius 1 is 1.30 bits per heavy atom. The van der Waals surface area contributed by atoms with Crippen molar-refractivity contribution in [2.24, 2.45) is 0 Å². The molecule has 2 heterocycles. The number of rotatable bonds is 3. The van der Waals surface area contributed by atoms with Crippen LogP contribution in [0, 0.1) is 6.92 Å². The van der Waals surface area contributed by atoms with Crippen molar-refractivity contribution in [2.75, 3.05) is 20.1 Å². The normalized spacial score (nSPS) is 16.7. The van der Waals surface area contributed by atoms with Crippen LogP contribution in [0.25, 0.3) is 10.1 Å². The number of hydrogen-bond donors (Lipinski definition) is 1. The predicted molar refractivity (Wildman–Crippen MR) is 99.7 cm³/mol. The van der Waals surface area contributed by atoms with Crippen LogP contribution in [0.2, 0.25) is 5.02 Å². The molecule has 1 saturated heterocycles. The van der Waals surface area contributed by atoms with Crippen molar-refractivity contribution in [1.29, 1.82) is 0 Å². The van der Waals surface area contributed by atoms with E-state index in [9.17, 15) is 8.42 Å². The smallest absolute Gasteiger partial charge is 0.244 e. The molecule has 1 aromatic carbocycles. The second kappa shape index (κ2) is 7.25. The Morgan fingerprint density at radius 2 is 1.96 bits per heavy atom. The maximum Gasteiger partial charge on any atom is 0.244 e. The lowest BCUT2D eigenvalue weighted by atomic mass is 10.1. The number of thiophene rings is 1. The quantitative estimate of drug-likeness (QED) is 0.863. The molecule has 1 N–H and O–H groups in total. The van der Waals surface area contributed by atoms with Gasteiger partial charge < -0.3 is 5.32 Å². The van der Waals surface area contributed by atoms with Gasteiger partial charge in [0.1, 0.15) is 4.90 Å². The van der Waals surface area contributed by atoms with Crippen molar-refractivity contribution in [3.8, 4) is 0 Å². The summed E-state index contributed by atoms with van der Waals surface area (Å²) in [6, 6.07) is 5.50. The van der Waals surface area contributed by atoms with E-state index in [-0.39, 0.29) is 18.4 Å². The van der Waals surface area contributed by atoms with Gasteiger partial charge in [0.2, 0.25) is 10.0 Å². The van der Waals surface area contributed by atoms with Crippen molar-refractivity contribution in [3.63, 3.8) is 0 Å². The van der Waals surface area contributed by atoms with Gasteiger partial charge in [-0.1, -0.05) is 11.6 Å². The van der Waals surface area contributed by atoms with Crippen LogP contribution >= 0.6 is 35.3 Å². The van der Waals surface area contributed by atoms with E-state index in [0.717, 1.165) is 40.9 Å². The van der Waals surface area contributed by atoms with Gasteiger partial charge in [-0.3, -0.25) is 0 Å². The van der Waals surface area contributed by atoms with Gasteiger partial charge in [-0.15, -0.1) is 23.7 Å². The zero-order valence-corrected chi connectivity index (χ0v) is 16.2. The molecule has 0 saturated carbocycles. The fourth-order valence-corrected chi connectivity index (χ4v) is 6.32. The molecule has 128 valence electrons. The van der Waals surface area contributed by atoms with Crippen LogP contribution in [0.4, 0.5) is 0 Å². The molecule has 0 spiro atoms. The molecule has 0 atom stereocenters. The van der Waals surface area contributed by atoms with E-state index < -0.39 is 10.0 Å². The van der Waals surface area contributed by atoms with Crippen LogP contribution in [-0.4, -0.2) is 38.9 Å². The fourth-order valence-electron chi connectivity index (χ4n) is 3.00. The number of nitrogens with one attached hydrogen (secondary N) is 1. The first kappa shape index (κ1) is 19.0. The molecule has 0 bridgehead atoms. The Labute approximate surface area is 152 Å². The lowest BCUT2D eigenvalue weighted by Crippen LogP contribution is -2.43. The third-order valence-electron chi connectivity index (χ3n) is 4.23. The Morgan fingerprint density at radius 3 is 2.61 bits per heavy atom. The highest BCUT2D eigenvalue weighted by Gasteiger charge is 2.32. The van der Waals surface area contributed by atoms with E-state index in [2.05, 4.69) is 5.32 Å². The van der Waals surface area contributed by atoms with Gasteiger partial charge in [0.15, 0.2) is 0 Å². The lowest BCUT2D eigenvalue weighted by Gasteiger charge is -2.31. The molecule has 1 aliphatic rings. The first-order valence-electron chi connectivity index (χ1n) is 7.28. The summed E-state index contributed by atoms with van der Waals surface area (Å²) in [6.07, 6.45) is 1.69. The van der Waals surface area contributed by atoms with Gasteiger partial charge in [0.05, 0.1) is 0 Å². The highest BCUT2D eigenvalue weighted by atomic mass is 35.5. The molecule has 1 fully saturated rings. The van der Waals surface area contributed by atoms with Gasteiger partial charge in [-0.05, 0) is 51.1 Å². The van der Waals surface area contributed by atoms with Gasteiger partial charge in [-0.25, -0.2) is 8.42 Å². The number of hydrogen-bond acceptors (Lipinski definition) is 4. The van der Waals surface area contributed by atoms with Crippen molar-refractivity contribution < 1.29 is 8.42 Å². The van der Waals surface area contributed by atoms with Crippen molar-refractivity contribution in [3.05, 3.63) is 28.1 Å². The Bertz CT molecular complexity index is 799. The van der Waals surface area contributed by atoms with E-state index in [4.69, 9.17) is 11.6 Å². The van der Waals surface area contributed by atoms with Crippen LogP contribution in [0.3, 0.4) is 0 Å². The van der Waals surface area contributed by atoms with E-state index in [1.807, 2.05) is 13.0 Å². The number of sulfonamides is 1. The van der Waals surface area contributed by atoms with E-state index >= 15 is 0 Å². The zero-order chi connectivity index (χ0) is 15.9. The third kappa shape index (κ3) is 3.52. The summed E-state index contributed by atoms with van der Waals surface area (Å²) in [4.78, 5) is 1.23. The maximum absolute atomic E-state index is 13.1. The topological polar surface area (TPSA) is 49.4 Å². The zero-order valence-electron chi connectivity index (χ0n) is 13.0. The van der Waals surface area contributed by atoms with Crippen LogP contribution in [-0.2, 0) is 10.0 Å². The molecule has 23 heavy (non-hydrogen) atoms. The van der Waals surface area contributed by atoms with Crippen molar-refractivity contribution in [1.82, 2.24) is 9.62 Å². The Balaban J connectivity index is 0.00000192. The number of benzene rings is 1. The molecular weight excluding hydrogens is 375 g/mol. The summed E-state index contributed by atoms with van der Waals surface area (Å²) in [6.45, 7) is 3.58. The molecule has 0 unspecified atom stereocenters. The van der Waals surface area contributed by atoms with Crippen molar-refractivity contribution in [2.45, 2.75) is 30.7 Å². The average Bonchev–Trinajstić information content (AvgIpc) is 2.83. The third-order valence-corrected chi connectivity index (χ3v) is 7.78. The van der Waals surface area contributed by atoms with Crippen LogP contribution in [0.5, 0.6) is 0 Å². The summed E-state index contributed by atoms with van der Waals surface area (Å²) < 4.78 is 28.7. The van der Waals surface area contributed by atoms with Crippen LogP contribution in [0.15, 0.2) is 23.1 Å². The first-order chi connectivity index (χ1) is 10.4. The second-order valence-corrected chi connectivity index (χ2v) is 9.26. The summed E-state index contributed by atoms with van der Waals surface area (Å²) >= 11 is 7.57. The monoisotopic (exact) mass is 394 g/mol. The minimum atomic E-state index is -3.51. The van der Waals surface area contributed by atoms with E-state index in [1.165, 1.54) is 11.3 Å². The number of aryl methyl sites for hydroxylation is 1. The van der Waals surface area contributed by atoms with E-state index in [1.54, 1.807) is 23.5 Å². The average molecular weight is 395 g/mol. The highest BCUT2D eigenvalue weighted by Crippen LogP contribution is 2.37. The lowest BCUT2D eigenvalue weighted by molar-refractivity contribution is 0.296. The molecule has 8 heteroatoms. The second-order valence-electron chi connectivity index (χ2n) is 5.63. The number of fused-ring (bicyclic) bond motifs is 1. The Kier molecular flexibility index (Phi) is 5.98. The standard InChI is InChI=1S/C15H19ClN2O2S2.ClH/c1-10-15(13-9-11(16)3-4-14(13)21-10)22(19,20)18(2)12-5-7-17-8-6-12;/h3-4,9,12,17H,5-8H2,1-2H3;1H. The minimum Gasteiger partial charge on any atom is -0.317 e. The molecule has 1 aromatic heterocycles. The molecule has 0 aliphatic carbocycles. The van der Waals surface area contributed by atoms with Gasteiger partial charge in [-0.2, -0.15) is 4.31 Å². The molecule has 1 aliphatic heterocycles. The first-order valence-corrected chi connectivity index (χ1v) is 9.92. The largest absolute Gasteiger partial charge is 0.317 e. The number of halogens is 2. The van der Waals surface area contributed by atoms with Gasteiger partial charge in [0, 0.05) is 33.1 Å². The number of piperidine rings is 1. The number of nitrogens with zero attached hydrogens (tertiary/aromatic N) is 1. The van der Waals surface area contributed by atoms with Crippen LogP contribution in [0.1, 0.15) is 17.7 Å². The molecule has 4 nitrogen and oxygen atoms in total. The van der Waals surface area contributed by atoms with E-state index in [0.29, 0.717) is 9.92 Å². The SMILES string of the molecule is Cc1sc2ccc(Cl)cc2c1S(=O)(=O)N(C)C1CCNCC1.Cl. The molecule has 0 amide bonds. The summed E-state index contributed by atoms with van der Waals surface area (Å²) in [5.41, 5.74) is 0. The van der Waals surface area contributed by atoms with Crippen LogP contribution < -0.4 is 5.32 Å². The van der Waals surface area contributed by atoms with Crippen molar-refractivity contribution >= 4 is 55.5 Å². The molecule has 3 rings (SSSR count). The molecular formula is C15H20Cl2N2O2S2. The summed E-state index contributed by atoms with van der Waals surface area (Å²) in [5, 5.41) is 4.56. The minimum absolute atomic E-state index is 0. The van der Waals surface area contributed by atoms with Gasteiger partial charge in [0.25, 0.3) is 0 Å².